The molecule has 1 amide bonds. The zero-order valence-electron chi connectivity index (χ0n) is 11.3. The molecule has 3 N–H and O–H groups in total. The molecule has 0 saturated carbocycles. The van der Waals surface area contributed by atoms with Crippen molar-refractivity contribution >= 4 is 11.6 Å². The van der Waals surface area contributed by atoms with E-state index in [0.29, 0.717) is 30.9 Å². The van der Waals surface area contributed by atoms with Crippen molar-refractivity contribution in [1.29, 1.82) is 0 Å². The van der Waals surface area contributed by atoms with Crippen LogP contribution in [-0.2, 0) is 6.54 Å². The van der Waals surface area contributed by atoms with Gasteiger partial charge >= 0.3 is 0 Å². The van der Waals surface area contributed by atoms with E-state index in [1.807, 2.05) is 20.8 Å². The van der Waals surface area contributed by atoms with Crippen molar-refractivity contribution in [2.45, 2.75) is 39.8 Å². The van der Waals surface area contributed by atoms with E-state index in [9.17, 15) is 4.79 Å². The first-order chi connectivity index (χ1) is 8.52. The van der Waals surface area contributed by atoms with Gasteiger partial charge in [-0.05, 0) is 27.2 Å². The number of nitrogen functional groups attached to an aromatic ring is 1. The topological polar surface area (TPSA) is 84.4 Å². The van der Waals surface area contributed by atoms with E-state index in [1.165, 1.54) is 6.20 Å². The van der Waals surface area contributed by atoms with Gasteiger partial charge in [0.2, 0.25) is 0 Å². The van der Waals surface area contributed by atoms with Gasteiger partial charge in [0, 0.05) is 25.7 Å². The maximum absolute atomic E-state index is 12.5. The fourth-order valence-electron chi connectivity index (χ4n) is 1.84. The molecule has 1 aromatic rings. The van der Waals surface area contributed by atoms with Gasteiger partial charge in [0.1, 0.15) is 5.69 Å². The lowest BCUT2D eigenvalue weighted by molar-refractivity contribution is 0.0681. The standard InChI is InChI=1S/C12H22N4O2/c1-4-16-11(10(13)8-14-16)12(18)15(9(2)3)6-5-7-17/h8-9,17H,4-7,13H2,1-3H3. The number of rotatable bonds is 6. The number of aromatic nitrogens is 2. The van der Waals surface area contributed by atoms with Gasteiger partial charge in [0.25, 0.3) is 5.91 Å². The van der Waals surface area contributed by atoms with E-state index in [1.54, 1.807) is 9.58 Å². The third kappa shape index (κ3) is 3.01. The van der Waals surface area contributed by atoms with Crippen LogP contribution >= 0.6 is 0 Å². The Morgan fingerprint density at radius 1 is 1.61 bits per heavy atom. The maximum Gasteiger partial charge on any atom is 0.274 e. The Labute approximate surface area is 107 Å². The molecule has 6 nitrogen and oxygen atoms in total. The third-order valence-electron chi connectivity index (χ3n) is 2.81. The number of hydrogen-bond acceptors (Lipinski definition) is 4. The predicted molar refractivity (Wildman–Crippen MR) is 70.2 cm³/mol. The Morgan fingerprint density at radius 2 is 2.28 bits per heavy atom. The average Bonchev–Trinajstić information content (AvgIpc) is 2.70. The second kappa shape index (κ2) is 6.39. The number of hydrogen-bond donors (Lipinski definition) is 2. The molecule has 0 bridgehead atoms. The summed E-state index contributed by atoms with van der Waals surface area (Å²) in [5.74, 6) is -0.129. The minimum absolute atomic E-state index is 0.0589. The summed E-state index contributed by atoms with van der Waals surface area (Å²) in [6, 6.07) is 0.0589. The van der Waals surface area contributed by atoms with E-state index >= 15 is 0 Å². The van der Waals surface area contributed by atoms with Crippen LogP contribution in [0.1, 0.15) is 37.7 Å². The van der Waals surface area contributed by atoms with Gasteiger partial charge in [-0.1, -0.05) is 0 Å². The molecule has 0 aliphatic heterocycles. The number of aliphatic hydroxyl groups excluding tert-OH is 1. The van der Waals surface area contributed by atoms with Gasteiger partial charge < -0.3 is 15.7 Å². The Morgan fingerprint density at radius 3 is 2.78 bits per heavy atom. The molecule has 0 spiro atoms. The molecule has 0 aromatic carbocycles. The van der Waals surface area contributed by atoms with Crippen molar-refractivity contribution < 1.29 is 9.90 Å². The lowest BCUT2D eigenvalue weighted by atomic mass is 10.2. The second-order valence-corrected chi connectivity index (χ2v) is 4.43. The molecule has 1 rings (SSSR count). The van der Waals surface area contributed by atoms with Crippen molar-refractivity contribution in [2.24, 2.45) is 0 Å². The van der Waals surface area contributed by atoms with Crippen molar-refractivity contribution in [3.63, 3.8) is 0 Å². The summed E-state index contributed by atoms with van der Waals surface area (Å²) < 4.78 is 1.60. The van der Waals surface area contributed by atoms with Crippen LogP contribution in [0.4, 0.5) is 5.69 Å². The van der Waals surface area contributed by atoms with E-state index in [2.05, 4.69) is 5.10 Å². The summed E-state index contributed by atoms with van der Waals surface area (Å²) in [5.41, 5.74) is 6.64. The van der Waals surface area contributed by atoms with Crippen LogP contribution in [0.3, 0.4) is 0 Å². The highest BCUT2D eigenvalue weighted by molar-refractivity contribution is 5.97. The predicted octanol–water partition coefficient (Wildman–Crippen LogP) is 0.718. The monoisotopic (exact) mass is 254 g/mol. The number of carbonyl (C=O) groups is 1. The molecule has 102 valence electrons. The van der Waals surface area contributed by atoms with E-state index in [0.717, 1.165) is 0 Å². The molecule has 0 saturated heterocycles. The van der Waals surface area contributed by atoms with Gasteiger partial charge in [0.15, 0.2) is 0 Å². The van der Waals surface area contributed by atoms with Crippen molar-refractivity contribution in [3.05, 3.63) is 11.9 Å². The van der Waals surface area contributed by atoms with Gasteiger partial charge in [-0.3, -0.25) is 9.48 Å². The molecule has 0 unspecified atom stereocenters. The van der Waals surface area contributed by atoms with Gasteiger partial charge in [-0.2, -0.15) is 5.10 Å². The number of aliphatic hydroxyl groups is 1. The quantitative estimate of drug-likeness (QED) is 0.783. The summed E-state index contributed by atoms with van der Waals surface area (Å²) in [4.78, 5) is 14.2. The van der Waals surface area contributed by atoms with Crippen LogP contribution < -0.4 is 5.73 Å². The summed E-state index contributed by atoms with van der Waals surface area (Å²) in [6.45, 7) is 6.98. The van der Waals surface area contributed by atoms with Crippen molar-refractivity contribution in [3.8, 4) is 0 Å². The Bertz CT molecular complexity index is 401. The van der Waals surface area contributed by atoms with Gasteiger partial charge in [-0.15, -0.1) is 0 Å². The molecule has 0 aliphatic rings. The van der Waals surface area contributed by atoms with Crippen molar-refractivity contribution in [2.75, 3.05) is 18.9 Å². The maximum atomic E-state index is 12.5. The number of nitrogens with zero attached hydrogens (tertiary/aromatic N) is 3. The Kier molecular flexibility index (Phi) is 5.15. The van der Waals surface area contributed by atoms with E-state index in [4.69, 9.17) is 10.8 Å². The molecule has 1 heterocycles. The number of nitrogens with two attached hydrogens (primary N) is 1. The van der Waals surface area contributed by atoms with Gasteiger partial charge in [-0.25, -0.2) is 0 Å². The van der Waals surface area contributed by atoms with Crippen LogP contribution in [-0.4, -0.2) is 44.9 Å². The molecular weight excluding hydrogens is 232 g/mol. The van der Waals surface area contributed by atoms with Crippen LogP contribution in [0.5, 0.6) is 0 Å². The van der Waals surface area contributed by atoms with E-state index < -0.39 is 0 Å². The largest absolute Gasteiger partial charge is 0.396 e. The number of carbonyl (C=O) groups excluding carboxylic acids is 1. The second-order valence-electron chi connectivity index (χ2n) is 4.43. The summed E-state index contributed by atoms with van der Waals surface area (Å²) in [7, 11) is 0. The first kappa shape index (κ1) is 14.5. The van der Waals surface area contributed by atoms with Crippen LogP contribution in [0.15, 0.2) is 6.20 Å². The highest BCUT2D eigenvalue weighted by Gasteiger charge is 2.24. The Hall–Kier alpha value is -1.56. The van der Waals surface area contributed by atoms with Crippen molar-refractivity contribution in [1.82, 2.24) is 14.7 Å². The number of anilines is 1. The fraction of sp³-hybridized carbons (Fsp3) is 0.667. The van der Waals surface area contributed by atoms with Gasteiger partial charge in [0.05, 0.1) is 11.9 Å². The highest BCUT2D eigenvalue weighted by Crippen LogP contribution is 2.15. The minimum atomic E-state index is -0.129. The first-order valence-corrected chi connectivity index (χ1v) is 6.26. The molecule has 6 heteroatoms. The lowest BCUT2D eigenvalue weighted by Gasteiger charge is -2.26. The van der Waals surface area contributed by atoms with E-state index in [-0.39, 0.29) is 18.6 Å². The lowest BCUT2D eigenvalue weighted by Crippen LogP contribution is -2.39. The highest BCUT2D eigenvalue weighted by atomic mass is 16.3. The fourth-order valence-corrected chi connectivity index (χ4v) is 1.84. The van der Waals surface area contributed by atoms with Crippen LogP contribution in [0.2, 0.25) is 0 Å². The normalized spacial score (nSPS) is 10.9. The summed E-state index contributed by atoms with van der Waals surface area (Å²) in [6.07, 6.45) is 2.06. The summed E-state index contributed by atoms with van der Waals surface area (Å²) in [5, 5.41) is 13.0. The zero-order chi connectivity index (χ0) is 13.7. The molecule has 0 atom stereocenters. The SMILES string of the molecule is CCn1ncc(N)c1C(=O)N(CCCO)C(C)C. The minimum Gasteiger partial charge on any atom is -0.396 e. The molecule has 1 aromatic heterocycles. The number of amides is 1. The van der Waals surface area contributed by atoms with Crippen LogP contribution in [0.25, 0.3) is 0 Å². The molecule has 0 fully saturated rings. The van der Waals surface area contributed by atoms with Crippen LogP contribution in [0, 0.1) is 0 Å². The zero-order valence-corrected chi connectivity index (χ0v) is 11.3. The number of aryl methyl sites for hydroxylation is 1. The summed E-state index contributed by atoms with van der Waals surface area (Å²) >= 11 is 0. The molecule has 18 heavy (non-hydrogen) atoms. The first-order valence-electron chi connectivity index (χ1n) is 6.26. The Balaban J connectivity index is 2.97. The molecular formula is C12H22N4O2. The third-order valence-corrected chi connectivity index (χ3v) is 2.81. The molecule has 0 radical (unpaired) electrons. The molecule has 0 aliphatic carbocycles. The average molecular weight is 254 g/mol. The smallest absolute Gasteiger partial charge is 0.274 e.